The fraction of sp³-hybridized carbons (Fsp3) is 0.600. The standard InChI is InChI=1S/C15H26N2O/c1-5-14(16-3)12-17(4)11-13-9-7-8-10-15(13)18-6-2/h7-10,14,16H,5-6,11-12H2,1-4H3. The van der Waals surface area contributed by atoms with Crippen molar-refractivity contribution in [3.05, 3.63) is 29.8 Å². The molecule has 0 saturated carbocycles. The minimum atomic E-state index is 0.550. The van der Waals surface area contributed by atoms with Crippen LogP contribution in [0.2, 0.25) is 0 Å². The SMILES string of the molecule is CCOc1ccccc1CN(C)CC(CC)NC. The maximum Gasteiger partial charge on any atom is 0.123 e. The van der Waals surface area contributed by atoms with E-state index in [1.165, 1.54) is 5.56 Å². The molecule has 18 heavy (non-hydrogen) atoms. The second kappa shape index (κ2) is 8.11. The molecule has 0 aliphatic rings. The minimum Gasteiger partial charge on any atom is -0.494 e. The number of hydrogen-bond donors (Lipinski definition) is 1. The summed E-state index contributed by atoms with van der Waals surface area (Å²) in [6.45, 7) is 6.92. The topological polar surface area (TPSA) is 24.5 Å². The molecule has 1 unspecified atom stereocenters. The van der Waals surface area contributed by atoms with Crippen molar-refractivity contribution >= 4 is 0 Å². The fourth-order valence-corrected chi connectivity index (χ4v) is 2.09. The van der Waals surface area contributed by atoms with E-state index >= 15 is 0 Å². The number of nitrogens with one attached hydrogen (secondary N) is 1. The average molecular weight is 250 g/mol. The summed E-state index contributed by atoms with van der Waals surface area (Å²) < 4.78 is 5.65. The zero-order chi connectivity index (χ0) is 13.4. The van der Waals surface area contributed by atoms with Crippen LogP contribution in [0.5, 0.6) is 5.75 Å². The van der Waals surface area contributed by atoms with Gasteiger partial charge in [-0.05, 0) is 33.5 Å². The number of benzene rings is 1. The summed E-state index contributed by atoms with van der Waals surface area (Å²) in [4.78, 5) is 2.34. The zero-order valence-electron chi connectivity index (χ0n) is 12.1. The Kier molecular flexibility index (Phi) is 6.76. The minimum absolute atomic E-state index is 0.550. The molecule has 0 fully saturated rings. The van der Waals surface area contributed by atoms with Crippen LogP contribution in [-0.2, 0) is 6.54 Å². The van der Waals surface area contributed by atoms with Crippen LogP contribution in [0.25, 0.3) is 0 Å². The molecule has 0 saturated heterocycles. The van der Waals surface area contributed by atoms with E-state index in [0.29, 0.717) is 6.04 Å². The molecule has 0 aliphatic heterocycles. The first-order valence-corrected chi connectivity index (χ1v) is 6.77. The summed E-state index contributed by atoms with van der Waals surface area (Å²) in [5.74, 6) is 1.00. The van der Waals surface area contributed by atoms with E-state index in [1.807, 2.05) is 26.1 Å². The molecule has 1 aromatic rings. The van der Waals surface area contributed by atoms with Crippen LogP contribution in [0.1, 0.15) is 25.8 Å². The Bertz CT molecular complexity index is 337. The molecule has 3 heteroatoms. The smallest absolute Gasteiger partial charge is 0.123 e. The summed E-state index contributed by atoms with van der Waals surface area (Å²) in [7, 11) is 4.18. The molecule has 0 aliphatic carbocycles. The Hall–Kier alpha value is -1.06. The highest BCUT2D eigenvalue weighted by molar-refractivity contribution is 5.33. The van der Waals surface area contributed by atoms with Crippen LogP contribution >= 0.6 is 0 Å². The van der Waals surface area contributed by atoms with Crippen molar-refractivity contribution in [2.24, 2.45) is 0 Å². The van der Waals surface area contributed by atoms with Gasteiger partial charge in [0.1, 0.15) is 5.75 Å². The molecule has 0 radical (unpaired) electrons. The predicted octanol–water partition coefficient (Wildman–Crippen LogP) is 2.52. The van der Waals surface area contributed by atoms with Crippen LogP contribution in [0.3, 0.4) is 0 Å². The van der Waals surface area contributed by atoms with Crippen molar-refractivity contribution in [1.29, 1.82) is 0 Å². The average Bonchev–Trinajstić information content (AvgIpc) is 2.38. The maximum atomic E-state index is 5.65. The molecule has 0 amide bonds. The molecule has 1 atom stereocenters. The largest absolute Gasteiger partial charge is 0.494 e. The molecule has 102 valence electrons. The van der Waals surface area contributed by atoms with E-state index in [1.54, 1.807) is 0 Å². The first-order chi connectivity index (χ1) is 8.71. The lowest BCUT2D eigenvalue weighted by atomic mass is 10.1. The third-order valence-electron chi connectivity index (χ3n) is 3.15. The molecule has 1 N–H and O–H groups in total. The van der Waals surface area contributed by atoms with Crippen molar-refractivity contribution in [2.75, 3.05) is 27.2 Å². The number of hydrogen-bond acceptors (Lipinski definition) is 3. The van der Waals surface area contributed by atoms with Crippen molar-refractivity contribution in [1.82, 2.24) is 10.2 Å². The van der Waals surface area contributed by atoms with Crippen molar-refractivity contribution < 1.29 is 4.74 Å². The Morgan fingerprint density at radius 3 is 2.61 bits per heavy atom. The van der Waals surface area contributed by atoms with Gasteiger partial charge < -0.3 is 15.0 Å². The molecule has 0 bridgehead atoms. The first kappa shape index (κ1) is 15.0. The number of rotatable bonds is 8. The third kappa shape index (κ3) is 4.67. The fourth-order valence-electron chi connectivity index (χ4n) is 2.09. The summed E-state index contributed by atoms with van der Waals surface area (Å²) in [5, 5.41) is 3.34. The highest BCUT2D eigenvalue weighted by Gasteiger charge is 2.10. The van der Waals surface area contributed by atoms with E-state index in [0.717, 1.165) is 31.9 Å². The number of para-hydroxylation sites is 1. The quantitative estimate of drug-likeness (QED) is 0.767. The highest BCUT2D eigenvalue weighted by Crippen LogP contribution is 2.19. The van der Waals surface area contributed by atoms with E-state index in [9.17, 15) is 0 Å². The first-order valence-electron chi connectivity index (χ1n) is 6.77. The van der Waals surface area contributed by atoms with Crippen LogP contribution in [0, 0.1) is 0 Å². The molecule has 0 spiro atoms. The third-order valence-corrected chi connectivity index (χ3v) is 3.15. The molecular weight excluding hydrogens is 224 g/mol. The molecule has 3 nitrogen and oxygen atoms in total. The van der Waals surface area contributed by atoms with Crippen molar-refractivity contribution in [3.63, 3.8) is 0 Å². The summed E-state index contributed by atoms with van der Waals surface area (Å²) in [6.07, 6.45) is 1.15. The van der Waals surface area contributed by atoms with Gasteiger partial charge in [0.2, 0.25) is 0 Å². The van der Waals surface area contributed by atoms with Crippen LogP contribution < -0.4 is 10.1 Å². The Balaban J connectivity index is 2.60. The molecule has 1 aromatic carbocycles. The monoisotopic (exact) mass is 250 g/mol. The Morgan fingerprint density at radius 1 is 1.28 bits per heavy atom. The van der Waals surface area contributed by atoms with Gasteiger partial charge in [-0.25, -0.2) is 0 Å². The van der Waals surface area contributed by atoms with E-state index in [2.05, 4.69) is 36.3 Å². The predicted molar refractivity (Wildman–Crippen MR) is 77.1 cm³/mol. The summed E-state index contributed by atoms with van der Waals surface area (Å²) >= 11 is 0. The number of ether oxygens (including phenoxy) is 1. The second-order valence-corrected chi connectivity index (χ2v) is 4.63. The van der Waals surface area contributed by atoms with Gasteiger partial charge in [-0.1, -0.05) is 25.1 Å². The van der Waals surface area contributed by atoms with Crippen LogP contribution in [0.15, 0.2) is 24.3 Å². The lowest BCUT2D eigenvalue weighted by Crippen LogP contribution is -2.36. The van der Waals surface area contributed by atoms with Crippen molar-refractivity contribution in [3.8, 4) is 5.75 Å². The van der Waals surface area contributed by atoms with Crippen LogP contribution in [-0.4, -0.2) is 38.2 Å². The van der Waals surface area contributed by atoms with Gasteiger partial charge in [0.25, 0.3) is 0 Å². The molecular formula is C15H26N2O. The maximum absolute atomic E-state index is 5.65. The van der Waals surface area contributed by atoms with E-state index in [4.69, 9.17) is 4.74 Å². The van der Waals surface area contributed by atoms with Gasteiger partial charge in [0, 0.05) is 24.7 Å². The van der Waals surface area contributed by atoms with Gasteiger partial charge >= 0.3 is 0 Å². The number of nitrogens with zero attached hydrogens (tertiary/aromatic N) is 1. The van der Waals surface area contributed by atoms with E-state index in [-0.39, 0.29) is 0 Å². The van der Waals surface area contributed by atoms with E-state index < -0.39 is 0 Å². The van der Waals surface area contributed by atoms with Gasteiger partial charge in [0.05, 0.1) is 6.61 Å². The zero-order valence-corrected chi connectivity index (χ0v) is 12.1. The van der Waals surface area contributed by atoms with Gasteiger partial charge in [-0.15, -0.1) is 0 Å². The van der Waals surface area contributed by atoms with Crippen LogP contribution in [0.4, 0.5) is 0 Å². The molecule has 0 heterocycles. The Morgan fingerprint density at radius 2 is 2.00 bits per heavy atom. The Labute approximate surface area is 111 Å². The normalized spacial score (nSPS) is 12.7. The summed E-state index contributed by atoms with van der Waals surface area (Å²) in [5.41, 5.74) is 1.26. The molecule has 1 rings (SSSR count). The molecule has 0 aromatic heterocycles. The lowest BCUT2D eigenvalue weighted by Gasteiger charge is -2.23. The van der Waals surface area contributed by atoms with Crippen molar-refractivity contribution in [2.45, 2.75) is 32.9 Å². The second-order valence-electron chi connectivity index (χ2n) is 4.63. The summed E-state index contributed by atoms with van der Waals surface area (Å²) in [6, 6.07) is 8.83. The number of likely N-dealkylation sites (N-methyl/N-ethyl adjacent to an activating group) is 2. The highest BCUT2D eigenvalue weighted by atomic mass is 16.5. The van der Waals surface area contributed by atoms with Gasteiger partial charge in [-0.2, -0.15) is 0 Å². The lowest BCUT2D eigenvalue weighted by molar-refractivity contribution is 0.274. The van der Waals surface area contributed by atoms with Gasteiger partial charge in [-0.3, -0.25) is 0 Å². The van der Waals surface area contributed by atoms with Gasteiger partial charge in [0.15, 0.2) is 0 Å².